The van der Waals surface area contributed by atoms with E-state index in [1.54, 1.807) is 0 Å². The largest absolute Gasteiger partial charge is 0.355 e. The van der Waals surface area contributed by atoms with Crippen molar-refractivity contribution in [2.24, 2.45) is 0 Å². The number of thioether (sulfide) groups is 1. The lowest BCUT2D eigenvalue weighted by atomic mass is 10.0. The summed E-state index contributed by atoms with van der Waals surface area (Å²) in [6.45, 7) is 4.57. The molecular weight excluding hydrogens is 406 g/mol. The molecule has 0 aliphatic heterocycles. The number of fused-ring (bicyclic) bond motifs is 1. The topological polar surface area (TPSA) is 64.0 Å². The van der Waals surface area contributed by atoms with Gasteiger partial charge in [0.2, 0.25) is 5.91 Å². The molecule has 1 amide bonds. The van der Waals surface area contributed by atoms with Crippen molar-refractivity contribution < 1.29 is 4.79 Å². The van der Waals surface area contributed by atoms with Crippen molar-refractivity contribution in [3.63, 3.8) is 0 Å². The summed E-state index contributed by atoms with van der Waals surface area (Å²) in [6.07, 6.45) is 4.23. The average molecular weight is 436 g/mol. The van der Waals surface area contributed by atoms with Gasteiger partial charge in [0.25, 0.3) is 5.56 Å². The number of carbonyl (C=O) groups excluding carboxylic acids is 1. The Morgan fingerprint density at radius 1 is 1.10 bits per heavy atom. The maximum absolute atomic E-state index is 13.3. The molecule has 1 N–H and O–H groups in total. The fraction of sp³-hybridized carbons (Fsp3) is 0.400. The fourth-order valence-electron chi connectivity index (χ4n) is 4.20. The molecule has 5 nitrogen and oxygen atoms in total. The molecule has 1 saturated carbocycles. The van der Waals surface area contributed by atoms with Crippen LogP contribution in [-0.4, -0.2) is 27.3 Å². The van der Waals surface area contributed by atoms with Crippen LogP contribution < -0.4 is 10.9 Å². The number of amides is 1. The van der Waals surface area contributed by atoms with E-state index in [0.717, 1.165) is 25.7 Å². The van der Waals surface area contributed by atoms with Crippen molar-refractivity contribution in [3.8, 4) is 0 Å². The SMILES string of the molecule is CC(Sc1nc2ccccc2c(=O)n1C1CCCC1)C(=O)NCC(C)c1ccccc1. The van der Waals surface area contributed by atoms with E-state index >= 15 is 0 Å². The quantitative estimate of drug-likeness (QED) is 0.423. The molecule has 1 aliphatic carbocycles. The molecule has 31 heavy (non-hydrogen) atoms. The summed E-state index contributed by atoms with van der Waals surface area (Å²) in [5.74, 6) is 0.200. The molecular formula is C25H29N3O2S. The van der Waals surface area contributed by atoms with Crippen LogP contribution in [0.5, 0.6) is 0 Å². The molecule has 2 aromatic carbocycles. The highest BCUT2D eigenvalue weighted by Crippen LogP contribution is 2.33. The molecule has 2 unspecified atom stereocenters. The van der Waals surface area contributed by atoms with Crippen molar-refractivity contribution in [1.29, 1.82) is 0 Å². The fourth-order valence-corrected chi connectivity index (χ4v) is 5.20. The molecule has 1 aromatic heterocycles. The molecule has 162 valence electrons. The van der Waals surface area contributed by atoms with Crippen LogP contribution in [-0.2, 0) is 4.79 Å². The maximum atomic E-state index is 13.3. The van der Waals surface area contributed by atoms with Crippen LogP contribution in [0.2, 0.25) is 0 Å². The predicted molar refractivity (Wildman–Crippen MR) is 127 cm³/mol. The zero-order valence-corrected chi connectivity index (χ0v) is 18.9. The number of nitrogens with one attached hydrogen (secondary N) is 1. The van der Waals surface area contributed by atoms with Crippen LogP contribution in [0.25, 0.3) is 10.9 Å². The van der Waals surface area contributed by atoms with Crippen LogP contribution in [0, 0.1) is 0 Å². The second-order valence-corrected chi connectivity index (χ2v) is 9.65. The van der Waals surface area contributed by atoms with Crippen LogP contribution in [0.1, 0.15) is 57.1 Å². The van der Waals surface area contributed by atoms with Gasteiger partial charge in [-0.25, -0.2) is 4.98 Å². The normalized spacial score (nSPS) is 16.3. The third-order valence-corrected chi connectivity index (χ3v) is 7.13. The van der Waals surface area contributed by atoms with E-state index in [4.69, 9.17) is 4.98 Å². The standard InChI is InChI=1S/C25H29N3O2S/c1-17(19-10-4-3-5-11-19)16-26-23(29)18(2)31-25-27-22-15-9-8-14-21(22)24(30)28(25)20-12-6-7-13-20/h3-5,8-11,14-15,17-18,20H,6-7,12-13,16H2,1-2H3,(H,26,29). The van der Waals surface area contributed by atoms with E-state index in [1.165, 1.54) is 17.3 Å². The van der Waals surface area contributed by atoms with Crippen molar-refractivity contribution >= 4 is 28.6 Å². The molecule has 0 saturated heterocycles. The van der Waals surface area contributed by atoms with Gasteiger partial charge < -0.3 is 5.32 Å². The second kappa shape index (κ2) is 9.69. The number of hydrogen-bond donors (Lipinski definition) is 1. The van der Waals surface area contributed by atoms with E-state index in [0.29, 0.717) is 22.6 Å². The smallest absolute Gasteiger partial charge is 0.262 e. The lowest BCUT2D eigenvalue weighted by Crippen LogP contribution is -2.34. The molecule has 1 heterocycles. The van der Waals surface area contributed by atoms with Gasteiger partial charge >= 0.3 is 0 Å². The number of benzene rings is 2. The van der Waals surface area contributed by atoms with Crippen molar-refractivity contribution in [2.45, 2.75) is 61.9 Å². The summed E-state index contributed by atoms with van der Waals surface area (Å²) >= 11 is 1.38. The highest BCUT2D eigenvalue weighted by molar-refractivity contribution is 8.00. The summed E-state index contributed by atoms with van der Waals surface area (Å²) in [7, 11) is 0. The molecule has 3 aromatic rings. The molecule has 1 aliphatic rings. The summed E-state index contributed by atoms with van der Waals surface area (Å²) in [6, 6.07) is 17.8. The van der Waals surface area contributed by atoms with Gasteiger partial charge in [0, 0.05) is 12.6 Å². The van der Waals surface area contributed by atoms with E-state index in [-0.39, 0.29) is 28.7 Å². The lowest BCUT2D eigenvalue weighted by molar-refractivity contribution is -0.120. The Balaban J connectivity index is 1.52. The minimum atomic E-state index is -0.344. The molecule has 2 atom stereocenters. The van der Waals surface area contributed by atoms with Crippen molar-refractivity contribution in [1.82, 2.24) is 14.9 Å². The highest BCUT2D eigenvalue weighted by atomic mass is 32.2. The summed E-state index contributed by atoms with van der Waals surface area (Å²) in [5.41, 5.74) is 1.90. The third kappa shape index (κ3) is 4.85. The third-order valence-electron chi connectivity index (χ3n) is 6.07. The highest BCUT2D eigenvalue weighted by Gasteiger charge is 2.25. The number of nitrogens with zero attached hydrogens (tertiary/aromatic N) is 2. The van der Waals surface area contributed by atoms with E-state index in [1.807, 2.05) is 54.0 Å². The summed E-state index contributed by atoms with van der Waals surface area (Å²) < 4.78 is 1.84. The number of rotatable bonds is 7. The Hall–Kier alpha value is -2.60. The predicted octanol–water partition coefficient (Wildman–Crippen LogP) is 4.91. The summed E-state index contributed by atoms with van der Waals surface area (Å²) in [5, 5.41) is 4.02. The Kier molecular flexibility index (Phi) is 6.76. The van der Waals surface area contributed by atoms with Gasteiger partial charge in [0.1, 0.15) is 0 Å². The average Bonchev–Trinajstić information content (AvgIpc) is 3.32. The number of aromatic nitrogens is 2. The van der Waals surface area contributed by atoms with Gasteiger partial charge in [-0.15, -0.1) is 0 Å². The second-order valence-electron chi connectivity index (χ2n) is 8.34. The zero-order chi connectivity index (χ0) is 21.8. The maximum Gasteiger partial charge on any atom is 0.262 e. The van der Waals surface area contributed by atoms with Gasteiger partial charge in [0.05, 0.1) is 16.2 Å². The van der Waals surface area contributed by atoms with Crippen LogP contribution >= 0.6 is 11.8 Å². The monoisotopic (exact) mass is 435 g/mol. The Morgan fingerprint density at radius 2 is 1.77 bits per heavy atom. The first-order chi connectivity index (χ1) is 15.0. The molecule has 4 rings (SSSR count). The van der Waals surface area contributed by atoms with Gasteiger partial charge in [-0.1, -0.05) is 74.0 Å². The Labute approximate surface area is 187 Å². The molecule has 0 spiro atoms. The number of carbonyl (C=O) groups is 1. The van der Waals surface area contributed by atoms with E-state index in [9.17, 15) is 9.59 Å². The summed E-state index contributed by atoms with van der Waals surface area (Å²) in [4.78, 5) is 30.9. The Bertz CT molecular complexity index is 1110. The number of hydrogen-bond acceptors (Lipinski definition) is 4. The zero-order valence-electron chi connectivity index (χ0n) is 18.1. The minimum absolute atomic E-state index is 0.00491. The lowest BCUT2D eigenvalue weighted by Gasteiger charge is -2.21. The van der Waals surface area contributed by atoms with Crippen LogP contribution in [0.4, 0.5) is 0 Å². The van der Waals surface area contributed by atoms with Gasteiger partial charge in [-0.2, -0.15) is 0 Å². The van der Waals surface area contributed by atoms with Crippen LogP contribution in [0.15, 0.2) is 64.5 Å². The minimum Gasteiger partial charge on any atom is -0.355 e. The van der Waals surface area contributed by atoms with Gasteiger partial charge in [-0.3, -0.25) is 14.2 Å². The Morgan fingerprint density at radius 3 is 2.52 bits per heavy atom. The van der Waals surface area contributed by atoms with Gasteiger partial charge in [-0.05, 0) is 43.4 Å². The van der Waals surface area contributed by atoms with Crippen molar-refractivity contribution in [2.75, 3.05) is 6.54 Å². The molecule has 0 radical (unpaired) electrons. The van der Waals surface area contributed by atoms with E-state index < -0.39 is 0 Å². The van der Waals surface area contributed by atoms with Gasteiger partial charge in [0.15, 0.2) is 5.16 Å². The van der Waals surface area contributed by atoms with E-state index in [2.05, 4.69) is 24.4 Å². The molecule has 1 fully saturated rings. The molecule has 6 heteroatoms. The van der Waals surface area contributed by atoms with Crippen LogP contribution in [0.3, 0.4) is 0 Å². The first-order valence-electron chi connectivity index (χ1n) is 11.0. The first-order valence-corrected chi connectivity index (χ1v) is 11.9. The van der Waals surface area contributed by atoms with Crippen molar-refractivity contribution in [3.05, 3.63) is 70.5 Å². The number of para-hydroxylation sites is 1. The first kappa shape index (κ1) is 21.6. The molecule has 0 bridgehead atoms.